The van der Waals surface area contributed by atoms with Gasteiger partial charge in [-0.1, -0.05) is 12.1 Å². The van der Waals surface area contributed by atoms with E-state index in [0.29, 0.717) is 16.7 Å². The molecule has 26 heavy (non-hydrogen) atoms. The van der Waals surface area contributed by atoms with E-state index < -0.39 is 17.6 Å². The lowest BCUT2D eigenvalue weighted by Crippen LogP contribution is -2.19. The predicted octanol–water partition coefficient (Wildman–Crippen LogP) is 3.97. The van der Waals surface area contributed by atoms with Crippen LogP contribution in [0.2, 0.25) is 0 Å². The number of alkyl halides is 3. The van der Waals surface area contributed by atoms with Crippen molar-refractivity contribution in [2.24, 2.45) is 0 Å². The molecule has 2 aromatic carbocycles. The second kappa shape index (κ2) is 6.62. The monoisotopic (exact) mass is 360 g/mol. The average Bonchev–Trinajstić information content (AvgIpc) is 2.60. The first kappa shape index (κ1) is 17.7. The molecule has 0 spiro atoms. The van der Waals surface area contributed by atoms with Gasteiger partial charge in [-0.15, -0.1) is 0 Å². The lowest BCUT2D eigenvalue weighted by Gasteiger charge is -2.19. The highest BCUT2D eigenvalue weighted by atomic mass is 19.4. The van der Waals surface area contributed by atoms with Crippen molar-refractivity contribution in [2.45, 2.75) is 6.18 Å². The number of nitrogens with zero attached hydrogens (tertiary/aromatic N) is 3. The topological polar surface area (TPSA) is 58.1 Å². The molecule has 0 saturated heterocycles. The lowest BCUT2D eigenvalue weighted by molar-refractivity contribution is -0.137. The molecule has 1 heterocycles. The Bertz CT molecular complexity index is 970. The van der Waals surface area contributed by atoms with Gasteiger partial charge in [-0.2, -0.15) is 13.2 Å². The van der Waals surface area contributed by atoms with Crippen molar-refractivity contribution in [3.05, 3.63) is 59.9 Å². The maximum absolute atomic E-state index is 13.0. The number of carbonyl (C=O) groups excluding carboxylic acids is 1. The van der Waals surface area contributed by atoms with Crippen molar-refractivity contribution in [2.75, 3.05) is 24.3 Å². The Morgan fingerprint density at radius 1 is 1.08 bits per heavy atom. The highest BCUT2D eigenvalue weighted by Crippen LogP contribution is 2.35. The fourth-order valence-corrected chi connectivity index (χ4v) is 2.46. The quantitative estimate of drug-likeness (QED) is 0.768. The Morgan fingerprint density at radius 3 is 2.42 bits per heavy atom. The summed E-state index contributed by atoms with van der Waals surface area (Å²) in [6.45, 7) is 0. The van der Waals surface area contributed by atoms with Gasteiger partial charge in [0.25, 0.3) is 5.91 Å². The maximum Gasteiger partial charge on any atom is 0.416 e. The number of nitrogens with one attached hydrogen (secondary N) is 1. The number of carbonyl (C=O) groups is 1. The Morgan fingerprint density at radius 2 is 1.77 bits per heavy atom. The zero-order chi connectivity index (χ0) is 18.9. The molecule has 1 aromatic heterocycles. The Labute approximate surface area is 147 Å². The summed E-state index contributed by atoms with van der Waals surface area (Å²) < 4.78 is 39.0. The van der Waals surface area contributed by atoms with E-state index in [1.807, 2.05) is 0 Å². The Balaban J connectivity index is 1.96. The highest BCUT2D eigenvalue weighted by molar-refractivity contribution is 6.05. The van der Waals surface area contributed by atoms with Crippen molar-refractivity contribution in [1.82, 2.24) is 9.97 Å². The van der Waals surface area contributed by atoms with E-state index in [0.717, 1.165) is 12.1 Å². The normalized spacial score (nSPS) is 11.4. The van der Waals surface area contributed by atoms with E-state index in [1.54, 1.807) is 43.3 Å². The second-order valence-corrected chi connectivity index (χ2v) is 5.82. The van der Waals surface area contributed by atoms with Gasteiger partial charge in [0.2, 0.25) is 0 Å². The highest BCUT2D eigenvalue weighted by Gasteiger charge is 2.31. The van der Waals surface area contributed by atoms with E-state index in [1.165, 1.54) is 12.3 Å². The van der Waals surface area contributed by atoms with E-state index in [2.05, 4.69) is 15.3 Å². The van der Waals surface area contributed by atoms with Crippen LogP contribution in [0.4, 0.5) is 24.5 Å². The van der Waals surface area contributed by atoms with Crippen LogP contribution in [0.1, 0.15) is 16.1 Å². The van der Waals surface area contributed by atoms with Crippen molar-refractivity contribution in [3.8, 4) is 0 Å². The summed E-state index contributed by atoms with van der Waals surface area (Å²) in [7, 11) is 3.35. The maximum atomic E-state index is 13.0. The van der Waals surface area contributed by atoms with Gasteiger partial charge in [-0.25, -0.2) is 4.98 Å². The molecule has 1 N–H and O–H groups in total. The summed E-state index contributed by atoms with van der Waals surface area (Å²) in [5.41, 5.74) is 0.813. The summed E-state index contributed by atoms with van der Waals surface area (Å²) in [6.07, 6.45) is -3.21. The van der Waals surface area contributed by atoms with Crippen LogP contribution in [-0.2, 0) is 6.18 Å². The van der Waals surface area contributed by atoms with Gasteiger partial charge < -0.3 is 10.2 Å². The van der Waals surface area contributed by atoms with E-state index in [9.17, 15) is 18.0 Å². The average molecular weight is 360 g/mol. The molecule has 8 heteroatoms. The fraction of sp³-hybridized carbons (Fsp3) is 0.167. The largest absolute Gasteiger partial charge is 0.416 e. The van der Waals surface area contributed by atoms with Gasteiger partial charge in [0.15, 0.2) is 0 Å². The molecule has 0 atom stereocenters. The molecule has 0 aliphatic carbocycles. The molecule has 0 aliphatic heterocycles. The van der Waals surface area contributed by atoms with Crippen molar-refractivity contribution in [1.29, 1.82) is 0 Å². The van der Waals surface area contributed by atoms with Crippen LogP contribution >= 0.6 is 0 Å². The van der Waals surface area contributed by atoms with Crippen molar-refractivity contribution in [3.63, 3.8) is 0 Å². The minimum Gasteiger partial charge on any atom is -0.376 e. The predicted molar refractivity (Wildman–Crippen MR) is 93.3 cm³/mol. The molecule has 0 unspecified atom stereocenters. The first-order valence-electron chi connectivity index (χ1n) is 7.67. The van der Waals surface area contributed by atoms with Gasteiger partial charge in [0, 0.05) is 14.1 Å². The third kappa shape index (κ3) is 3.58. The minimum atomic E-state index is -4.51. The van der Waals surface area contributed by atoms with Gasteiger partial charge in [-0.05, 0) is 30.3 Å². The van der Waals surface area contributed by atoms with Crippen molar-refractivity contribution < 1.29 is 18.0 Å². The summed E-state index contributed by atoms with van der Waals surface area (Å²) in [6, 6.07) is 10.2. The number of rotatable bonds is 3. The minimum absolute atomic E-state index is 0.0193. The fourth-order valence-electron chi connectivity index (χ4n) is 2.46. The number of amides is 1. The zero-order valence-electron chi connectivity index (χ0n) is 14.0. The van der Waals surface area contributed by atoms with Crippen molar-refractivity contribution >= 4 is 28.3 Å². The lowest BCUT2D eigenvalue weighted by atomic mass is 10.1. The van der Waals surface area contributed by atoms with E-state index >= 15 is 0 Å². The number of hydrogen-bond donors (Lipinski definition) is 1. The molecular formula is C18H15F3N4O. The summed E-state index contributed by atoms with van der Waals surface area (Å²) in [4.78, 5) is 22.4. The van der Waals surface area contributed by atoms with Gasteiger partial charge in [0.1, 0.15) is 5.69 Å². The molecule has 5 nitrogen and oxygen atoms in total. The van der Waals surface area contributed by atoms with E-state index in [4.69, 9.17) is 0 Å². The molecule has 1 amide bonds. The number of para-hydroxylation sites is 2. The zero-order valence-corrected chi connectivity index (χ0v) is 14.0. The first-order chi connectivity index (χ1) is 12.3. The number of halogens is 3. The molecule has 0 fully saturated rings. The third-order valence-corrected chi connectivity index (χ3v) is 3.74. The molecule has 134 valence electrons. The summed E-state index contributed by atoms with van der Waals surface area (Å²) in [5, 5.41) is 2.50. The van der Waals surface area contributed by atoms with Crippen LogP contribution in [0.25, 0.3) is 11.0 Å². The van der Waals surface area contributed by atoms with Crippen LogP contribution in [-0.4, -0.2) is 30.0 Å². The number of anilines is 2. The molecule has 0 radical (unpaired) electrons. The van der Waals surface area contributed by atoms with Crippen LogP contribution in [0.15, 0.2) is 48.7 Å². The first-order valence-corrected chi connectivity index (χ1v) is 7.67. The van der Waals surface area contributed by atoms with Crippen LogP contribution in [0.3, 0.4) is 0 Å². The van der Waals surface area contributed by atoms with Gasteiger partial charge >= 0.3 is 6.18 Å². The summed E-state index contributed by atoms with van der Waals surface area (Å²) in [5.74, 6) is -0.634. The Hall–Kier alpha value is -3.16. The smallest absolute Gasteiger partial charge is 0.376 e. The molecule has 0 aliphatic rings. The summed E-state index contributed by atoms with van der Waals surface area (Å²) >= 11 is 0. The SMILES string of the molecule is CN(C)c1ccc(C(F)(F)F)cc1NC(=O)c1cnc2ccccc2n1. The molecule has 3 rings (SSSR count). The number of benzene rings is 2. The van der Waals surface area contributed by atoms with Gasteiger partial charge in [-0.3, -0.25) is 9.78 Å². The Kier molecular flexibility index (Phi) is 4.50. The number of hydrogen-bond acceptors (Lipinski definition) is 4. The molecule has 0 bridgehead atoms. The van der Waals surface area contributed by atoms with Crippen LogP contribution < -0.4 is 10.2 Å². The molecule has 3 aromatic rings. The van der Waals surface area contributed by atoms with Gasteiger partial charge in [0.05, 0.1) is 34.2 Å². The number of fused-ring (bicyclic) bond motifs is 1. The van der Waals surface area contributed by atoms with E-state index in [-0.39, 0.29) is 11.4 Å². The number of aromatic nitrogens is 2. The van der Waals surface area contributed by atoms with Crippen LogP contribution in [0, 0.1) is 0 Å². The molecular weight excluding hydrogens is 345 g/mol. The third-order valence-electron chi connectivity index (χ3n) is 3.74. The molecule has 0 saturated carbocycles. The van der Waals surface area contributed by atoms with Crippen LogP contribution in [0.5, 0.6) is 0 Å². The standard InChI is InChI=1S/C18H15F3N4O/c1-25(2)16-8-7-11(18(19,20)21)9-14(16)24-17(26)15-10-22-12-5-3-4-6-13(12)23-15/h3-10H,1-2H3,(H,24,26). The second-order valence-electron chi connectivity index (χ2n) is 5.82.